The van der Waals surface area contributed by atoms with E-state index in [1.165, 1.54) is 36.5 Å². The fourth-order valence-corrected chi connectivity index (χ4v) is 4.72. The lowest BCUT2D eigenvalue weighted by molar-refractivity contribution is 0.0697. The average Bonchev–Trinajstić information content (AvgIpc) is 3.60. The van der Waals surface area contributed by atoms with E-state index >= 15 is 0 Å². The third kappa shape index (κ3) is 4.77. The van der Waals surface area contributed by atoms with Crippen LogP contribution in [-0.2, 0) is 10.1 Å². The van der Waals surface area contributed by atoms with Gasteiger partial charge in [-0.1, -0.05) is 18.2 Å². The number of carboxylic acids is 1. The van der Waals surface area contributed by atoms with E-state index in [0.717, 1.165) is 4.68 Å². The fourth-order valence-electron chi connectivity index (χ4n) is 4.05. The molecule has 0 saturated carbocycles. The quantitative estimate of drug-likeness (QED) is 0.158. The van der Waals surface area contributed by atoms with E-state index in [1.54, 1.807) is 29.6 Å². The molecule has 0 spiro atoms. The van der Waals surface area contributed by atoms with E-state index in [2.05, 4.69) is 35.9 Å². The molecular weight excluding hydrogens is 540 g/mol. The van der Waals surface area contributed by atoms with Gasteiger partial charge in [0.05, 0.1) is 29.2 Å². The maximum absolute atomic E-state index is 11.9. The first-order valence-electron chi connectivity index (χ1n) is 11.6. The van der Waals surface area contributed by atoms with Crippen molar-refractivity contribution in [2.75, 3.05) is 5.32 Å². The largest absolute Gasteiger partial charge is 0.478 e. The van der Waals surface area contributed by atoms with E-state index < -0.39 is 27.0 Å². The minimum absolute atomic E-state index is 0.0154. The summed E-state index contributed by atoms with van der Waals surface area (Å²) in [6, 6.07) is 13.5. The Bertz CT molecular complexity index is 1950. The molecule has 202 valence electrons. The highest BCUT2D eigenvalue weighted by atomic mass is 32.2. The van der Waals surface area contributed by atoms with Crippen molar-refractivity contribution in [2.45, 2.75) is 24.8 Å². The van der Waals surface area contributed by atoms with Gasteiger partial charge in [-0.2, -0.15) is 18.8 Å². The number of anilines is 1. The van der Waals surface area contributed by atoms with Crippen molar-refractivity contribution in [2.24, 2.45) is 10.2 Å². The second kappa shape index (κ2) is 10.1. The molecule has 3 heterocycles. The van der Waals surface area contributed by atoms with Crippen LogP contribution in [0.5, 0.6) is 0 Å². The number of rotatable bonds is 8. The number of nitrogens with zero attached hydrogens (tertiary/aromatic N) is 8. The summed E-state index contributed by atoms with van der Waals surface area (Å²) in [5, 5.41) is 46.1. The van der Waals surface area contributed by atoms with Crippen LogP contribution in [0.2, 0.25) is 0 Å². The summed E-state index contributed by atoms with van der Waals surface area (Å²) in [6.07, 6.45) is 1.20. The van der Waals surface area contributed by atoms with Crippen LogP contribution in [0, 0.1) is 18.3 Å². The number of aromatic nitrogens is 6. The maximum atomic E-state index is 11.9. The van der Waals surface area contributed by atoms with Crippen LogP contribution in [0.1, 0.15) is 40.4 Å². The summed E-state index contributed by atoms with van der Waals surface area (Å²) in [6.45, 7) is 3.56. The van der Waals surface area contributed by atoms with Crippen molar-refractivity contribution in [3.63, 3.8) is 0 Å². The van der Waals surface area contributed by atoms with Gasteiger partial charge in [0.1, 0.15) is 16.5 Å². The van der Waals surface area contributed by atoms with Gasteiger partial charge >= 0.3 is 5.97 Å². The van der Waals surface area contributed by atoms with Crippen molar-refractivity contribution < 1.29 is 22.9 Å². The second-order valence-electron chi connectivity index (χ2n) is 8.60. The molecule has 1 unspecified atom stereocenters. The molecule has 1 atom stereocenters. The molecule has 40 heavy (non-hydrogen) atoms. The molecule has 0 saturated heterocycles. The van der Waals surface area contributed by atoms with E-state index in [0.29, 0.717) is 28.5 Å². The number of aromatic carboxylic acids is 1. The molecule has 5 rings (SSSR count). The molecule has 0 aliphatic carbocycles. The van der Waals surface area contributed by atoms with Crippen molar-refractivity contribution in [1.82, 2.24) is 29.6 Å². The Kier molecular flexibility index (Phi) is 6.59. The molecule has 5 aromatic rings. The number of hydrogen-bond donors (Lipinski definition) is 4. The Labute approximate surface area is 226 Å². The number of H-pyrrole nitrogens is 1. The highest BCUT2D eigenvalue weighted by Crippen LogP contribution is 2.31. The fraction of sp³-hybridized carbons (Fsp3) is 0.125. The van der Waals surface area contributed by atoms with Crippen LogP contribution in [0.15, 0.2) is 69.9 Å². The third-order valence-corrected chi connectivity index (χ3v) is 6.80. The molecule has 2 aromatic carbocycles. The molecular formula is C24H20N10O5S. The van der Waals surface area contributed by atoms with Gasteiger partial charge in [-0.15, -0.1) is 20.4 Å². The number of carboxylic acid groups (broad SMARTS) is 1. The zero-order valence-electron chi connectivity index (χ0n) is 20.9. The zero-order chi connectivity index (χ0) is 28.6. The summed E-state index contributed by atoms with van der Waals surface area (Å²) < 4.78 is 36.2. The average molecular weight is 561 g/mol. The normalized spacial score (nSPS) is 12.6. The summed E-state index contributed by atoms with van der Waals surface area (Å²) >= 11 is 0. The summed E-state index contributed by atoms with van der Waals surface area (Å²) in [5.74, 6) is -0.630. The zero-order valence-corrected chi connectivity index (χ0v) is 21.7. The van der Waals surface area contributed by atoms with Crippen LogP contribution in [0.25, 0.3) is 11.3 Å². The lowest BCUT2D eigenvalue weighted by Crippen LogP contribution is -2.11. The molecule has 3 aromatic heterocycles. The minimum atomic E-state index is -4.60. The maximum Gasteiger partial charge on any atom is 0.335 e. The van der Waals surface area contributed by atoms with Crippen LogP contribution < -0.4 is 5.32 Å². The van der Waals surface area contributed by atoms with Crippen LogP contribution in [-0.4, -0.2) is 53.6 Å². The third-order valence-electron chi connectivity index (χ3n) is 5.89. The molecule has 0 radical (unpaired) electrons. The monoisotopic (exact) mass is 560 g/mol. The first-order chi connectivity index (χ1) is 19.1. The van der Waals surface area contributed by atoms with Gasteiger partial charge in [0.2, 0.25) is 5.65 Å². The van der Waals surface area contributed by atoms with Gasteiger partial charge in [0, 0.05) is 5.69 Å². The first-order valence-corrected chi connectivity index (χ1v) is 13.0. The number of carbonyl (C=O) groups is 1. The van der Waals surface area contributed by atoms with Crippen molar-refractivity contribution >= 4 is 38.9 Å². The first kappa shape index (κ1) is 26.2. The van der Waals surface area contributed by atoms with Gasteiger partial charge in [-0.3, -0.25) is 9.65 Å². The molecule has 0 aliphatic heterocycles. The van der Waals surface area contributed by atoms with Gasteiger partial charge in [-0.25, -0.2) is 14.0 Å². The molecule has 4 N–H and O–H groups in total. The molecule has 0 bridgehead atoms. The van der Waals surface area contributed by atoms with Gasteiger partial charge in [-0.05, 0) is 44.2 Å². The van der Waals surface area contributed by atoms with Crippen LogP contribution >= 0.6 is 0 Å². The number of hydrogen-bond acceptors (Lipinski definition) is 10. The minimum Gasteiger partial charge on any atom is -0.478 e. The highest BCUT2D eigenvalue weighted by molar-refractivity contribution is 7.86. The number of para-hydroxylation sites is 1. The van der Waals surface area contributed by atoms with Crippen LogP contribution in [0.3, 0.4) is 0 Å². The number of benzene rings is 2. The summed E-state index contributed by atoms with van der Waals surface area (Å²) in [4.78, 5) is 10.9. The van der Waals surface area contributed by atoms with E-state index in [-0.39, 0.29) is 22.6 Å². The van der Waals surface area contributed by atoms with Crippen LogP contribution in [0.4, 0.5) is 17.2 Å². The highest BCUT2D eigenvalue weighted by Gasteiger charge is 2.22. The summed E-state index contributed by atoms with van der Waals surface area (Å²) in [5.41, 5.74) is 1.91. The predicted molar refractivity (Wildman–Crippen MR) is 140 cm³/mol. The Morgan fingerprint density at radius 1 is 1.18 bits per heavy atom. The van der Waals surface area contributed by atoms with E-state index in [9.17, 15) is 28.1 Å². The molecule has 16 heteroatoms. The molecule has 0 aliphatic rings. The van der Waals surface area contributed by atoms with Crippen molar-refractivity contribution in [3.8, 4) is 11.8 Å². The topological polar surface area (TPSA) is 216 Å². The number of aromatic amines is 1. The Morgan fingerprint density at radius 2 is 1.95 bits per heavy atom. The lowest BCUT2D eigenvalue weighted by atomic mass is 10.2. The SMILES string of the molecule is Cc1[nH]n2c(C(C)Nc3cccc(C(=O)O)c3)nnc2c1N=Nc1c(C#N)cnn1-c1ccccc1S(=O)(=O)O. The number of azo groups is 1. The Morgan fingerprint density at radius 3 is 2.67 bits per heavy atom. The van der Waals surface area contributed by atoms with Gasteiger partial charge in [0.15, 0.2) is 17.3 Å². The van der Waals surface area contributed by atoms with E-state index in [1.807, 2.05) is 13.0 Å². The number of fused-ring (bicyclic) bond motifs is 1. The van der Waals surface area contributed by atoms with Crippen molar-refractivity contribution in [1.29, 1.82) is 5.26 Å². The Hall–Kier alpha value is -5.40. The predicted octanol–water partition coefficient (Wildman–Crippen LogP) is 3.96. The Balaban J connectivity index is 1.51. The van der Waals surface area contributed by atoms with Gasteiger partial charge in [0.25, 0.3) is 10.1 Å². The number of nitriles is 1. The molecule has 15 nitrogen and oxygen atoms in total. The lowest BCUT2D eigenvalue weighted by Gasteiger charge is -2.13. The summed E-state index contributed by atoms with van der Waals surface area (Å²) in [7, 11) is -4.60. The second-order valence-corrected chi connectivity index (χ2v) is 9.99. The van der Waals surface area contributed by atoms with Crippen molar-refractivity contribution in [3.05, 3.63) is 77.4 Å². The smallest absolute Gasteiger partial charge is 0.335 e. The number of nitrogens with one attached hydrogen (secondary N) is 2. The van der Waals surface area contributed by atoms with E-state index in [4.69, 9.17) is 0 Å². The standard InChI is InChI=1S/C24H20N10O5S/c1-13-20(23-31-29-21(34(23)32-13)14(2)27-17-7-5-6-15(10-17)24(35)36)28-30-22-16(11-25)12-26-33(22)18-8-3-4-9-19(18)40(37,38)39/h3-10,12,14,27,32H,1-2H3,(H,35,36)(H,37,38,39). The molecule has 0 fully saturated rings. The number of aryl methyl sites for hydroxylation is 1. The molecule has 0 amide bonds. The van der Waals surface area contributed by atoms with Gasteiger partial charge < -0.3 is 10.4 Å².